The Morgan fingerprint density at radius 3 is 2.38 bits per heavy atom. The second-order valence-corrected chi connectivity index (χ2v) is 17.8. The summed E-state index contributed by atoms with van der Waals surface area (Å²) < 4.78 is 17.7. The number of benzene rings is 2. The maximum absolute atomic E-state index is 12.0. The fourth-order valence-corrected chi connectivity index (χ4v) is 11.6. The van der Waals surface area contributed by atoms with Gasteiger partial charge in [-0.25, -0.2) is 9.13 Å². The van der Waals surface area contributed by atoms with E-state index in [9.17, 15) is 4.79 Å². The first-order valence-electron chi connectivity index (χ1n) is 20.0. The van der Waals surface area contributed by atoms with Gasteiger partial charge in [0.05, 0.1) is 32.4 Å². The summed E-state index contributed by atoms with van der Waals surface area (Å²) in [6, 6.07) is 18.0. The van der Waals surface area contributed by atoms with Gasteiger partial charge in [-0.1, -0.05) is 83.0 Å². The van der Waals surface area contributed by atoms with Gasteiger partial charge in [-0.3, -0.25) is 4.79 Å². The number of imidazole rings is 1. The Morgan fingerprint density at radius 2 is 1.58 bits per heavy atom. The van der Waals surface area contributed by atoms with Gasteiger partial charge in [0.1, 0.15) is 0 Å². The second kappa shape index (κ2) is 12.1. The van der Waals surface area contributed by atoms with Gasteiger partial charge < -0.3 is 14.4 Å². The highest BCUT2D eigenvalue weighted by atomic mass is 16.5. The van der Waals surface area contributed by atoms with Crippen LogP contribution in [-0.2, 0) is 33.3 Å². The van der Waals surface area contributed by atoms with E-state index in [1.54, 1.807) is 0 Å². The molecule has 0 spiro atoms. The molecular weight excluding hydrogens is 643 g/mol. The zero-order chi connectivity index (χ0) is 36.2. The van der Waals surface area contributed by atoms with E-state index in [2.05, 4.69) is 122 Å². The van der Waals surface area contributed by atoms with Gasteiger partial charge in [-0.2, -0.15) is 0 Å². The first-order chi connectivity index (χ1) is 25.0. The van der Waals surface area contributed by atoms with Crippen LogP contribution >= 0.6 is 0 Å². The van der Waals surface area contributed by atoms with E-state index in [1.165, 1.54) is 56.1 Å². The van der Waals surface area contributed by atoms with E-state index in [-0.39, 0.29) is 34.4 Å². The number of hydrogen-bond donors (Lipinski definition) is 0. The molecule has 6 heteroatoms. The lowest BCUT2D eigenvalue weighted by Crippen LogP contribution is -2.55. The molecule has 0 saturated carbocycles. The topological polar surface area (TPSA) is 47.6 Å². The summed E-state index contributed by atoms with van der Waals surface area (Å²) >= 11 is 0. The van der Waals surface area contributed by atoms with Crippen LogP contribution in [0.1, 0.15) is 97.9 Å². The summed E-state index contributed by atoms with van der Waals surface area (Å²) in [6.45, 7) is 16.8. The quantitative estimate of drug-likeness (QED) is 0.140. The van der Waals surface area contributed by atoms with Crippen LogP contribution in [0.15, 0.2) is 89.2 Å². The molecule has 52 heavy (non-hydrogen) atoms. The number of ether oxygens (including phenoxy) is 2. The molecule has 0 saturated heterocycles. The van der Waals surface area contributed by atoms with Gasteiger partial charge in [0.25, 0.3) is 5.82 Å². The van der Waals surface area contributed by atoms with E-state index >= 15 is 0 Å². The molecule has 0 fully saturated rings. The number of carbonyl (C=O) groups excluding carboxylic acids is 1. The number of nitrogens with zero attached hydrogens (tertiary/aromatic N) is 3. The minimum atomic E-state index is -0.0913. The molecule has 0 radical (unpaired) electrons. The van der Waals surface area contributed by atoms with E-state index in [0.717, 1.165) is 51.6 Å². The molecule has 0 bridgehead atoms. The minimum absolute atomic E-state index is 0.0344. The third-order valence-electron chi connectivity index (χ3n) is 14.1. The van der Waals surface area contributed by atoms with Gasteiger partial charge in [-0.15, -0.1) is 0 Å². The molecular formula is C46H56N3O3+. The second-order valence-electron chi connectivity index (χ2n) is 17.8. The first kappa shape index (κ1) is 33.9. The van der Waals surface area contributed by atoms with Crippen LogP contribution in [-0.4, -0.2) is 35.9 Å². The number of fused-ring (bicyclic) bond motifs is 11. The van der Waals surface area contributed by atoms with Crippen LogP contribution in [0, 0.1) is 22.7 Å². The van der Waals surface area contributed by atoms with Crippen molar-refractivity contribution < 1.29 is 18.8 Å². The number of aryl methyl sites for hydroxylation is 2. The monoisotopic (exact) mass is 698 g/mol. The number of rotatable bonds is 7. The molecule has 272 valence electrons. The summed E-state index contributed by atoms with van der Waals surface area (Å²) in [7, 11) is 2.24. The highest BCUT2D eigenvalue weighted by molar-refractivity contribution is 5.79. The lowest BCUT2D eigenvalue weighted by molar-refractivity contribution is -0.648. The highest BCUT2D eigenvalue weighted by Gasteiger charge is 2.57. The molecule has 6 aliphatic rings. The Bertz CT molecular complexity index is 2110. The maximum Gasteiger partial charge on any atom is 0.305 e. The van der Waals surface area contributed by atoms with Crippen molar-refractivity contribution in [3.05, 3.63) is 101 Å². The van der Waals surface area contributed by atoms with Crippen LogP contribution in [0.2, 0.25) is 0 Å². The largest absolute Gasteiger partial charge is 0.466 e. The van der Waals surface area contributed by atoms with Gasteiger partial charge in [0.2, 0.25) is 0 Å². The third kappa shape index (κ3) is 4.78. The molecule has 6 nitrogen and oxygen atoms in total. The fraction of sp³-hybridized carbons (Fsp3) is 0.522. The van der Waals surface area contributed by atoms with Gasteiger partial charge >= 0.3 is 5.97 Å². The van der Waals surface area contributed by atoms with Crippen molar-refractivity contribution >= 4 is 28.3 Å². The minimum Gasteiger partial charge on any atom is -0.466 e. The molecule has 9 rings (SSSR count). The van der Waals surface area contributed by atoms with Crippen LogP contribution in [0.4, 0.5) is 5.69 Å². The van der Waals surface area contributed by atoms with Gasteiger partial charge in [-0.05, 0) is 92.0 Å². The van der Waals surface area contributed by atoms with Gasteiger partial charge in [0.15, 0.2) is 11.0 Å². The lowest BCUT2D eigenvalue weighted by atomic mass is 9.58. The average molecular weight is 699 g/mol. The standard InChI is InChI=1S/C46H56N3O3/c1-8-51-39(50)20-10-9-15-23-46(6)35-16-11-12-17-36(35)48-24-21-33-31(40(46)48)27-29-26-30-28-32-34(45(4,5)42(30)52-41(29)44(33,2)3)22-25-49-38-19-14-13-18-37(38)47(7)43(32)49/h11-14,16-19,26-28,33-34,41-42H,8-10,15,20-25H2,1-7H3/q+1. The normalized spacial score (nSPS) is 29.1. The van der Waals surface area contributed by atoms with E-state index < -0.39 is 0 Å². The third-order valence-corrected chi connectivity index (χ3v) is 14.1. The molecule has 0 amide bonds. The molecule has 0 N–H and O–H groups in total. The van der Waals surface area contributed by atoms with Crippen LogP contribution in [0.3, 0.4) is 0 Å². The lowest BCUT2D eigenvalue weighted by Gasteiger charge is -2.55. The molecule has 5 atom stereocenters. The average Bonchev–Trinajstić information content (AvgIpc) is 3.56. The van der Waals surface area contributed by atoms with Crippen LogP contribution in [0.25, 0.3) is 16.6 Å². The van der Waals surface area contributed by atoms with Crippen molar-refractivity contribution in [1.82, 2.24) is 4.57 Å². The van der Waals surface area contributed by atoms with Crippen molar-refractivity contribution in [2.45, 2.75) is 111 Å². The molecule has 3 aromatic rings. The predicted molar refractivity (Wildman–Crippen MR) is 208 cm³/mol. The van der Waals surface area contributed by atoms with Crippen molar-refractivity contribution in [2.75, 3.05) is 18.1 Å². The van der Waals surface area contributed by atoms with Crippen molar-refractivity contribution in [2.24, 2.45) is 29.7 Å². The molecule has 5 unspecified atom stereocenters. The predicted octanol–water partition coefficient (Wildman–Crippen LogP) is 9.13. The number of carbonyl (C=O) groups is 1. The summed E-state index contributed by atoms with van der Waals surface area (Å²) in [6.07, 6.45) is 14.5. The number of esters is 1. The van der Waals surface area contributed by atoms with Gasteiger partial charge in [0, 0.05) is 52.1 Å². The zero-order valence-electron chi connectivity index (χ0n) is 32.3. The Morgan fingerprint density at radius 1 is 0.865 bits per heavy atom. The fourth-order valence-electron chi connectivity index (χ4n) is 11.6. The molecule has 2 aromatic carbocycles. The van der Waals surface area contributed by atoms with Crippen molar-refractivity contribution in [1.29, 1.82) is 0 Å². The van der Waals surface area contributed by atoms with E-state index in [0.29, 0.717) is 24.9 Å². The summed E-state index contributed by atoms with van der Waals surface area (Å²) in [5.74, 6) is 2.13. The highest BCUT2D eigenvalue weighted by Crippen LogP contribution is 2.61. The SMILES string of the molecule is CCOC(=O)CCCCCC1(C)C2=C3C=C4C=C5C=C6c7n(c8ccccc8[n+]7C)CCC6C(C)(C)C5OC4C(C)(C)C3CCN2c2ccccc21. The number of hydrogen-bond acceptors (Lipinski definition) is 4. The summed E-state index contributed by atoms with van der Waals surface area (Å²) in [5.41, 5.74) is 12.4. The molecule has 1 aromatic heterocycles. The smallest absolute Gasteiger partial charge is 0.305 e. The summed E-state index contributed by atoms with van der Waals surface area (Å²) in [4.78, 5) is 14.7. The number of aromatic nitrogens is 2. The zero-order valence-corrected chi connectivity index (χ0v) is 32.3. The van der Waals surface area contributed by atoms with Crippen molar-refractivity contribution in [3.8, 4) is 0 Å². The van der Waals surface area contributed by atoms with E-state index in [4.69, 9.17) is 9.47 Å². The van der Waals surface area contributed by atoms with E-state index in [1.807, 2.05) is 6.92 Å². The first-order valence-corrected chi connectivity index (χ1v) is 20.0. The Hall–Kier alpha value is -3.90. The number of unbranched alkanes of at least 4 members (excludes halogenated alkanes) is 2. The molecule has 5 heterocycles. The van der Waals surface area contributed by atoms with Crippen LogP contribution in [0.5, 0.6) is 0 Å². The number of anilines is 1. The Kier molecular flexibility index (Phi) is 7.86. The Balaban J connectivity index is 1.14. The van der Waals surface area contributed by atoms with Crippen molar-refractivity contribution in [3.63, 3.8) is 0 Å². The summed E-state index contributed by atoms with van der Waals surface area (Å²) in [5, 5.41) is 0. The Labute approximate surface area is 309 Å². The maximum atomic E-state index is 12.0. The molecule has 2 aliphatic carbocycles. The van der Waals surface area contributed by atoms with Crippen LogP contribution < -0.4 is 9.47 Å². The number of para-hydroxylation sites is 3. The molecule has 4 aliphatic heterocycles. The number of allylic oxidation sites excluding steroid dienone is 4.